The average molecular weight is 298 g/mol. The molecule has 122 valence electrons. The van der Waals surface area contributed by atoms with Crippen molar-refractivity contribution in [3.63, 3.8) is 0 Å². The molecule has 1 rings (SSSR count). The van der Waals surface area contributed by atoms with Crippen molar-refractivity contribution in [1.29, 1.82) is 0 Å². The smallest absolute Gasteiger partial charge is 0.233 e. The average Bonchev–Trinajstić information content (AvgIpc) is 2.58. The highest BCUT2D eigenvalue weighted by atomic mass is 16.5. The Hall–Kier alpha value is -0.940. The number of carbonyl (C=O) groups is 2. The van der Waals surface area contributed by atoms with E-state index < -0.39 is 0 Å². The Morgan fingerprint density at radius 1 is 1.14 bits per heavy atom. The van der Waals surface area contributed by atoms with Crippen molar-refractivity contribution in [2.24, 2.45) is 11.3 Å². The van der Waals surface area contributed by atoms with E-state index in [4.69, 9.17) is 4.74 Å². The number of nitrogens with one attached hydrogen (secondary N) is 1. The Bertz CT molecular complexity index is 380. The molecule has 1 aliphatic rings. The summed E-state index contributed by atoms with van der Waals surface area (Å²) in [6, 6.07) is 0. The highest BCUT2D eigenvalue weighted by molar-refractivity contribution is 6.03. The third-order valence-corrected chi connectivity index (χ3v) is 3.65. The molecule has 5 heteroatoms. The Kier molecular flexibility index (Phi) is 5.93. The van der Waals surface area contributed by atoms with Crippen LogP contribution in [0.3, 0.4) is 0 Å². The van der Waals surface area contributed by atoms with E-state index in [1.165, 1.54) is 4.90 Å². The second-order valence-corrected chi connectivity index (χ2v) is 7.80. The molecule has 2 amide bonds. The number of amides is 2. The predicted molar refractivity (Wildman–Crippen MR) is 82.9 cm³/mol. The normalized spacial score (nSPS) is 20.5. The zero-order valence-electron chi connectivity index (χ0n) is 14.3. The first kappa shape index (κ1) is 18.1. The van der Waals surface area contributed by atoms with Crippen LogP contribution in [0.25, 0.3) is 0 Å². The van der Waals surface area contributed by atoms with Crippen molar-refractivity contribution in [2.75, 3.05) is 26.3 Å². The number of imide groups is 1. The van der Waals surface area contributed by atoms with Gasteiger partial charge >= 0.3 is 0 Å². The molecule has 1 fully saturated rings. The molecular weight excluding hydrogens is 268 g/mol. The summed E-state index contributed by atoms with van der Waals surface area (Å²) in [6.07, 6.45) is 0.327. The maximum Gasteiger partial charge on any atom is 0.233 e. The summed E-state index contributed by atoms with van der Waals surface area (Å²) in [5.74, 6) is -0.326. The minimum atomic E-state index is -0.201. The molecule has 0 saturated carbocycles. The summed E-state index contributed by atoms with van der Waals surface area (Å²) >= 11 is 0. The Morgan fingerprint density at radius 3 is 2.24 bits per heavy atom. The fourth-order valence-corrected chi connectivity index (χ4v) is 2.35. The van der Waals surface area contributed by atoms with Gasteiger partial charge in [0.25, 0.3) is 0 Å². The van der Waals surface area contributed by atoms with Crippen molar-refractivity contribution in [2.45, 2.75) is 53.5 Å². The zero-order chi connectivity index (χ0) is 16.3. The van der Waals surface area contributed by atoms with Gasteiger partial charge in [-0.3, -0.25) is 14.5 Å². The van der Waals surface area contributed by atoms with Gasteiger partial charge in [0.1, 0.15) is 0 Å². The fourth-order valence-electron chi connectivity index (χ4n) is 2.35. The van der Waals surface area contributed by atoms with Crippen molar-refractivity contribution >= 4 is 11.8 Å². The highest BCUT2D eigenvalue weighted by Gasteiger charge is 2.44. The minimum Gasteiger partial charge on any atom is -0.378 e. The SMILES string of the molecule is CC(C)(C)NCCOCCN1C(=O)CC(C(C)(C)C)C1=O. The topological polar surface area (TPSA) is 58.6 Å². The van der Waals surface area contributed by atoms with Crippen molar-refractivity contribution in [3.05, 3.63) is 0 Å². The van der Waals surface area contributed by atoms with Crippen LogP contribution in [0.5, 0.6) is 0 Å². The molecule has 0 aromatic heterocycles. The molecule has 0 spiro atoms. The molecule has 0 radical (unpaired) electrons. The lowest BCUT2D eigenvalue weighted by Gasteiger charge is -2.24. The van der Waals surface area contributed by atoms with E-state index >= 15 is 0 Å². The Balaban J connectivity index is 2.30. The van der Waals surface area contributed by atoms with Crippen LogP contribution in [-0.2, 0) is 14.3 Å². The number of rotatable bonds is 6. The largest absolute Gasteiger partial charge is 0.378 e. The summed E-state index contributed by atoms with van der Waals surface area (Å²) in [7, 11) is 0. The van der Waals surface area contributed by atoms with E-state index in [1.807, 2.05) is 20.8 Å². The summed E-state index contributed by atoms with van der Waals surface area (Å²) in [4.78, 5) is 25.5. The van der Waals surface area contributed by atoms with E-state index in [2.05, 4.69) is 26.1 Å². The van der Waals surface area contributed by atoms with Crippen LogP contribution in [0.4, 0.5) is 0 Å². The second kappa shape index (κ2) is 6.88. The summed E-state index contributed by atoms with van der Waals surface area (Å²) < 4.78 is 5.50. The predicted octanol–water partition coefficient (Wildman–Crippen LogP) is 1.81. The molecule has 1 atom stereocenters. The molecule has 1 heterocycles. The Labute approximate surface area is 128 Å². The van der Waals surface area contributed by atoms with Crippen LogP contribution in [0.2, 0.25) is 0 Å². The van der Waals surface area contributed by atoms with E-state index in [9.17, 15) is 9.59 Å². The lowest BCUT2D eigenvalue weighted by molar-refractivity contribution is -0.141. The van der Waals surface area contributed by atoms with Crippen LogP contribution in [-0.4, -0.2) is 48.6 Å². The molecule has 0 bridgehead atoms. The molecule has 1 N–H and O–H groups in total. The van der Waals surface area contributed by atoms with Gasteiger partial charge in [-0.25, -0.2) is 0 Å². The quantitative estimate of drug-likeness (QED) is 0.600. The third-order valence-electron chi connectivity index (χ3n) is 3.65. The molecular formula is C16H30N2O3. The van der Waals surface area contributed by atoms with E-state index in [1.54, 1.807) is 0 Å². The van der Waals surface area contributed by atoms with E-state index in [-0.39, 0.29) is 28.7 Å². The molecule has 5 nitrogen and oxygen atoms in total. The van der Waals surface area contributed by atoms with Crippen molar-refractivity contribution in [1.82, 2.24) is 10.2 Å². The van der Waals surface area contributed by atoms with Crippen LogP contribution in [0.1, 0.15) is 48.0 Å². The van der Waals surface area contributed by atoms with Crippen molar-refractivity contribution < 1.29 is 14.3 Å². The van der Waals surface area contributed by atoms with Crippen LogP contribution >= 0.6 is 0 Å². The van der Waals surface area contributed by atoms with Gasteiger partial charge in [-0.15, -0.1) is 0 Å². The van der Waals surface area contributed by atoms with Crippen LogP contribution in [0.15, 0.2) is 0 Å². The summed E-state index contributed by atoms with van der Waals surface area (Å²) in [5, 5.41) is 3.32. The zero-order valence-corrected chi connectivity index (χ0v) is 14.3. The second-order valence-electron chi connectivity index (χ2n) is 7.80. The number of hydrogen-bond donors (Lipinski definition) is 1. The van der Waals surface area contributed by atoms with Gasteiger partial charge in [0.2, 0.25) is 11.8 Å². The molecule has 0 aromatic carbocycles. The summed E-state index contributed by atoms with van der Waals surface area (Å²) in [5.41, 5.74) is -0.0941. The van der Waals surface area contributed by atoms with E-state index in [0.29, 0.717) is 26.2 Å². The first-order chi connectivity index (χ1) is 9.52. The van der Waals surface area contributed by atoms with Gasteiger partial charge < -0.3 is 10.1 Å². The fraction of sp³-hybridized carbons (Fsp3) is 0.875. The van der Waals surface area contributed by atoms with Gasteiger partial charge in [-0.1, -0.05) is 20.8 Å². The van der Waals surface area contributed by atoms with E-state index in [0.717, 1.165) is 6.54 Å². The number of likely N-dealkylation sites (tertiary alicyclic amines) is 1. The van der Waals surface area contributed by atoms with Gasteiger partial charge in [-0.05, 0) is 26.2 Å². The molecule has 1 saturated heterocycles. The Morgan fingerprint density at radius 2 is 1.76 bits per heavy atom. The number of carbonyl (C=O) groups excluding carboxylic acids is 2. The lowest BCUT2D eigenvalue weighted by Crippen LogP contribution is -2.39. The standard InChI is InChI=1S/C16H30N2O3/c1-15(2,3)12-11-13(19)18(14(12)20)8-10-21-9-7-17-16(4,5)6/h12,17H,7-11H2,1-6H3. The molecule has 21 heavy (non-hydrogen) atoms. The maximum atomic E-state index is 12.3. The van der Waals surface area contributed by atoms with Crippen LogP contribution in [0, 0.1) is 11.3 Å². The minimum absolute atomic E-state index is 0.0519. The molecule has 1 unspecified atom stereocenters. The summed E-state index contributed by atoms with van der Waals surface area (Å²) in [6.45, 7) is 14.4. The van der Waals surface area contributed by atoms with Crippen molar-refractivity contribution in [3.8, 4) is 0 Å². The van der Waals surface area contributed by atoms with Crippen LogP contribution < -0.4 is 5.32 Å². The van der Waals surface area contributed by atoms with Gasteiger partial charge in [0, 0.05) is 18.5 Å². The molecule has 0 aromatic rings. The maximum absolute atomic E-state index is 12.3. The van der Waals surface area contributed by atoms with Gasteiger partial charge in [0.05, 0.1) is 25.7 Å². The first-order valence-electron chi connectivity index (χ1n) is 7.69. The third kappa shape index (κ3) is 5.75. The first-order valence-corrected chi connectivity index (χ1v) is 7.69. The van der Waals surface area contributed by atoms with Gasteiger partial charge in [-0.2, -0.15) is 0 Å². The molecule has 0 aliphatic carbocycles. The highest BCUT2D eigenvalue weighted by Crippen LogP contribution is 2.35. The lowest BCUT2D eigenvalue weighted by atomic mass is 9.80. The molecule has 1 aliphatic heterocycles. The number of hydrogen-bond acceptors (Lipinski definition) is 4. The monoisotopic (exact) mass is 298 g/mol. The number of ether oxygens (including phenoxy) is 1. The van der Waals surface area contributed by atoms with Gasteiger partial charge in [0.15, 0.2) is 0 Å². The number of nitrogens with zero attached hydrogens (tertiary/aromatic N) is 1.